The van der Waals surface area contributed by atoms with Gasteiger partial charge in [-0.15, -0.1) is 0 Å². The smallest absolute Gasteiger partial charge is 0.127 e. The van der Waals surface area contributed by atoms with Gasteiger partial charge in [-0.1, -0.05) is 37.3 Å². The number of methoxy groups -OCH3 is 1. The van der Waals surface area contributed by atoms with E-state index in [0.717, 1.165) is 28.4 Å². The molecule has 2 aromatic rings. The summed E-state index contributed by atoms with van der Waals surface area (Å²) in [5, 5.41) is 2.18. The van der Waals surface area contributed by atoms with Crippen LogP contribution in [-0.2, 0) is 4.79 Å². The van der Waals surface area contributed by atoms with Gasteiger partial charge in [-0.05, 0) is 17.0 Å². The third-order valence-corrected chi connectivity index (χ3v) is 2.81. The van der Waals surface area contributed by atoms with Gasteiger partial charge in [0.1, 0.15) is 12.0 Å². The molecular formula is C14H14O2. The van der Waals surface area contributed by atoms with Crippen molar-refractivity contribution < 1.29 is 9.53 Å². The van der Waals surface area contributed by atoms with E-state index in [1.54, 1.807) is 7.11 Å². The lowest BCUT2D eigenvalue weighted by Gasteiger charge is -2.08. The van der Waals surface area contributed by atoms with Crippen molar-refractivity contribution in [2.24, 2.45) is 0 Å². The van der Waals surface area contributed by atoms with E-state index in [4.69, 9.17) is 4.74 Å². The molecule has 1 unspecified atom stereocenters. The summed E-state index contributed by atoms with van der Waals surface area (Å²) in [6, 6.07) is 11.9. The number of hydrogen-bond acceptors (Lipinski definition) is 2. The summed E-state index contributed by atoms with van der Waals surface area (Å²) >= 11 is 0. The van der Waals surface area contributed by atoms with Crippen LogP contribution in [0.2, 0.25) is 0 Å². The van der Waals surface area contributed by atoms with Crippen LogP contribution in [-0.4, -0.2) is 13.4 Å². The number of carbonyl (C=O) groups is 1. The van der Waals surface area contributed by atoms with E-state index in [2.05, 4.69) is 0 Å². The lowest BCUT2D eigenvalue weighted by molar-refractivity contribution is -0.108. The normalized spacial score (nSPS) is 12.4. The number of fused-ring (bicyclic) bond motifs is 1. The van der Waals surface area contributed by atoms with Gasteiger partial charge in [0.25, 0.3) is 0 Å². The van der Waals surface area contributed by atoms with Gasteiger partial charge in [-0.2, -0.15) is 0 Å². The molecule has 0 amide bonds. The molecule has 2 nitrogen and oxygen atoms in total. The zero-order valence-corrected chi connectivity index (χ0v) is 9.44. The zero-order valence-electron chi connectivity index (χ0n) is 9.44. The summed E-state index contributed by atoms with van der Waals surface area (Å²) in [6.45, 7) is 1.90. The standard InChI is InChI=1S/C14H14O2/c1-10(9-15)11-6-7-13-12(8-11)4-3-5-14(13)16-2/h3-10H,1-2H3. The van der Waals surface area contributed by atoms with E-state index in [0.29, 0.717) is 0 Å². The number of carbonyl (C=O) groups excluding carboxylic acids is 1. The van der Waals surface area contributed by atoms with Crippen molar-refractivity contribution in [2.75, 3.05) is 7.11 Å². The summed E-state index contributed by atoms with van der Waals surface area (Å²) in [6.07, 6.45) is 0.960. The summed E-state index contributed by atoms with van der Waals surface area (Å²) in [5.74, 6) is 0.804. The SMILES string of the molecule is COc1cccc2cc(C(C)C=O)ccc12. The fourth-order valence-corrected chi connectivity index (χ4v) is 1.81. The molecular weight excluding hydrogens is 200 g/mol. The maximum Gasteiger partial charge on any atom is 0.127 e. The summed E-state index contributed by atoms with van der Waals surface area (Å²) in [5.41, 5.74) is 1.04. The summed E-state index contributed by atoms with van der Waals surface area (Å²) in [4.78, 5) is 10.7. The lowest BCUT2D eigenvalue weighted by Crippen LogP contribution is -1.94. The molecule has 0 fully saturated rings. The number of hydrogen-bond donors (Lipinski definition) is 0. The molecule has 0 N–H and O–H groups in total. The predicted molar refractivity (Wildman–Crippen MR) is 65.0 cm³/mol. The first-order chi connectivity index (χ1) is 7.76. The second-order valence-corrected chi connectivity index (χ2v) is 3.87. The van der Waals surface area contributed by atoms with Gasteiger partial charge in [0.15, 0.2) is 0 Å². The van der Waals surface area contributed by atoms with Crippen LogP contribution >= 0.6 is 0 Å². The average molecular weight is 214 g/mol. The monoisotopic (exact) mass is 214 g/mol. The van der Waals surface area contributed by atoms with Crippen LogP contribution in [0.1, 0.15) is 18.4 Å². The van der Waals surface area contributed by atoms with Crippen LogP contribution in [0.3, 0.4) is 0 Å². The Morgan fingerprint density at radius 3 is 2.75 bits per heavy atom. The van der Waals surface area contributed by atoms with Crippen molar-refractivity contribution in [3.63, 3.8) is 0 Å². The molecule has 2 rings (SSSR count). The molecule has 2 heteroatoms. The molecule has 0 radical (unpaired) electrons. The van der Waals surface area contributed by atoms with Crippen LogP contribution in [0, 0.1) is 0 Å². The third-order valence-electron chi connectivity index (χ3n) is 2.81. The summed E-state index contributed by atoms with van der Waals surface area (Å²) in [7, 11) is 1.66. The molecule has 0 spiro atoms. The second kappa shape index (κ2) is 4.35. The first-order valence-electron chi connectivity index (χ1n) is 5.28. The minimum Gasteiger partial charge on any atom is -0.496 e. The number of ether oxygens (including phenoxy) is 1. The van der Waals surface area contributed by atoms with Gasteiger partial charge in [0, 0.05) is 11.3 Å². The molecule has 0 saturated heterocycles. The molecule has 0 aromatic heterocycles. The van der Waals surface area contributed by atoms with E-state index in [9.17, 15) is 4.79 Å². The minimum atomic E-state index is -0.0596. The molecule has 0 heterocycles. The van der Waals surface area contributed by atoms with Gasteiger partial charge in [-0.3, -0.25) is 0 Å². The van der Waals surface area contributed by atoms with E-state index < -0.39 is 0 Å². The lowest BCUT2D eigenvalue weighted by atomic mass is 9.99. The quantitative estimate of drug-likeness (QED) is 0.734. The summed E-state index contributed by atoms with van der Waals surface area (Å²) < 4.78 is 5.28. The molecule has 0 saturated carbocycles. The highest BCUT2D eigenvalue weighted by Gasteiger charge is 2.06. The maximum atomic E-state index is 10.7. The Morgan fingerprint density at radius 1 is 1.25 bits per heavy atom. The Morgan fingerprint density at radius 2 is 2.06 bits per heavy atom. The molecule has 2 aromatic carbocycles. The van der Waals surface area contributed by atoms with Crippen molar-refractivity contribution in [3.05, 3.63) is 42.0 Å². The molecule has 1 atom stereocenters. The van der Waals surface area contributed by atoms with E-state index in [1.165, 1.54) is 0 Å². The fourth-order valence-electron chi connectivity index (χ4n) is 1.81. The van der Waals surface area contributed by atoms with Crippen molar-refractivity contribution in [2.45, 2.75) is 12.8 Å². The van der Waals surface area contributed by atoms with Gasteiger partial charge in [0.2, 0.25) is 0 Å². The predicted octanol–water partition coefficient (Wildman–Crippen LogP) is 3.15. The zero-order chi connectivity index (χ0) is 11.5. The Labute approximate surface area is 94.8 Å². The molecule has 0 aliphatic carbocycles. The van der Waals surface area contributed by atoms with Crippen LogP contribution in [0.25, 0.3) is 10.8 Å². The van der Waals surface area contributed by atoms with Crippen molar-refractivity contribution in [1.82, 2.24) is 0 Å². The first kappa shape index (κ1) is 10.7. The van der Waals surface area contributed by atoms with Crippen LogP contribution in [0.15, 0.2) is 36.4 Å². The highest BCUT2D eigenvalue weighted by Crippen LogP contribution is 2.27. The number of rotatable bonds is 3. The van der Waals surface area contributed by atoms with Gasteiger partial charge in [-0.25, -0.2) is 0 Å². The van der Waals surface area contributed by atoms with Crippen LogP contribution in [0.4, 0.5) is 0 Å². The molecule has 0 aliphatic rings. The van der Waals surface area contributed by atoms with Crippen molar-refractivity contribution in [3.8, 4) is 5.75 Å². The molecule has 0 aliphatic heterocycles. The van der Waals surface area contributed by atoms with Gasteiger partial charge >= 0.3 is 0 Å². The minimum absolute atomic E-state index is 0.0596. The van der Waals surface area contributed by atoms with E-state index >= 15 is 0 Å². The van der Waals surface area contributed by atoms with Crippen molar-refractivity contribution in [1.29, 1.82) is 0 Å². The largest absolute Gasteiger partial charge is 0.496 e. The number of benzene rings is 2. The van der Waals surface area contributed by atoms with E-state index in [1.807, 2.05) is 43.3 Å². The van der Waals surface area contributed by atoms with Crippen LogP contribution < -0.4 is 4.74 Å². The third kappa shape index (κ3) is 1.78. The van der Waals surface area contributed by atoms with Gasteiger partial charge in [0.05, 0.1) is 7.11 Å². The maximum absolute atomic E-state index is 10.7. The molecule has 16 heavy (non-hydrogen) atoms. The Bertz CT molecular complexity index is 517. The van der Waals surface area contributed by atoms with Crippen molar-refractivity contribution >= 4 is 17.1 Å². The number of aldehydes is 1. The highest BCUT2D eigenvalue weighted by molar-refractivity contribution is 5.89. The Hall–Kier alpha value is -1.83. The van der Waals surface area contributed by atoms with Gasteiger partial charge < -0.3 is 9.53 Å². The topological polar surface area (TPSA) is 26.3 Å². The Kier molecular flexibility index (Phi) is 2.91. The second-order valence-electron chi connectivity index (χ2n) is 3.87. The highest BCUT2D eigenvalue weighted by atomic mass is 16.5. The first-order valence-corrected chi connectivity index (χ1v) is 5.28. The Balaban J connectivity index is 2.59. The van der Waals surface area contributed by atoms with E-state index in [-0.39, 0.29) is 5.92 Å². The van der Waals surface area contributed by atoms with Crippen LogP contribution in [0.5, 0.6) is 5.75 Å². The molecule has 82 valence electrons. The average Bonchev–Trinajstić information content (AvgIpc) is 2.36. The fraction of sp³-hybridized carbons (Fsp3) is 0.214. The molecule has 0 bridgehead atoms.